The molecule has 0 spiro atoms. The largest absolute Gasteiger partial charge is 0.354 e. The Morgan fingerprint density at radius 1 is 1.21 bits per heavy atom. The van der Waals surface area contributed by atoms with Gasteiger partial charge in [-0.05, 0) is 62.4 Å². The van der Waals surface area contributed by atoms with E-state index in [2.05, 4.69) is 24.5 Å². The number of nitrogens with one attached hydrogen (secondary N) is 2. The van der Waals surface area contributed by atoms with Gasteiger partial charge in [0.1, 0.15) is 0 Å². The van der Waals surface area contributed by atoms with Gasteiger partial charge in [0.2, 0.25) is 5.91 Å². The summed E-state index contributed by atoms with van der Waals surface area (Å²) >= 11 is 1.80. The summed E-state index contributed by atoms with van der Waals surface area (Å²) in [5.74, 6) is 0.544. The van der Waals surface area contributed by atoms with E-state index >= 15 is 0 Å². The Kier molecular flexibility index (Phi) is 9.12. The Labute approximate surface area is 178 Å². The average molecular weight is 426 g/mol. The van der Waals surface area contributed by atoms with E-state index in [4.69, 9.17) is 0 Å². The number of rotatable bonds is 6. The van der Waals surface area contributed by atoms with Gasteiger partial charge < -0.3 is 15.5 Å². The number of hydrogen-bond donors (Lipinski definition) is 2. The summed E-state index contributed by atoms with van der Waals surface area (Å²) in [6.07, 6.45) is 4.05. The van der Waals surface area contributed by atoms with E-state index < -0.39 is 0 Å². The van der Waals surface area contributed by atoms with Gasteiger partial charge in [-0.3, -0.25) is 9.59 Å². The highest BCUT2D eigenvalue weighted by Crippen LogP contribution is 2.24. The summed E-state index contributed by atoms with van der Waals surface area (Å²) in [7, 11) is 0. The van der Waals surface area contributed by atoms with Gasteiger partial charge in [0.05, 0.1) is 6.04 Å². The fourth-order valence-corrected chi connectivity index (χ4v) is 4.66. The Morgan fingerprint density at radius 2 is 1.96 bits per heavy atom. The summed E-state index contributed by atoms with van der Waals surface area (Å²) in [4.78, 5) is 28.2. The van der Waals surface area contributed by atoms with Crippen LogP contribution in [0.15, 0.2) is 29.2 Å². The van der Waals surface area contributed by atoms with Gasteiger partial charge >= 0.3 is 0 Å². The molecule has 2 amide bonds. The van der Waals surface area contributed by atoms with E-state index in [1.54, 1.807) is 11.8 Å². The van der Waals surface area contributed by atoms with Gasteiger partial charge in [-0.25, -0.2) is 0 Å². The van der Waals surface area contributed by atoms with Gasteiger partial charge in [0.15, 0.2) is 0 Å². The fourth-order valence-electron chi connectivity index (χ4n) is 3.82. The Hall–Kier alpha value is -1.24. The van der Waals surface area contributed by atoms with Crippen molar-refractivity contribution in [2.24, 2.45) is 5.92 Å². The fraction of sp³-hybridized carbons (Fsp3) is 0.619. The van der Waals surface area contributed by atoms with E-state index in [1.807, 2.05) is 29.2 Å². The molecule has 2 atom stereocenters. The molecular weight excluding hydrogens is 394 g/mol. The Morgan fingerprint density at radius 3 is 2.61 bits per heavy atom. The number of carbonyl (C=O) groups is 2. The highest BCUT2D eigenvalue weighted by atomic mass is 35.5. The zero-order chi connectivity index (χ0) is 19.2. The van der Waals surface area contributed by atoms with Crippen LogP contribution >= 0.6 is 24.2 Å². The molecule has 2 unspecified atom stereocenters. The van der Waals surface area contributed by atoms with Gasteiger partial charge in [-0.2, -0.15) is 0 Å². The van der Waals surface area contributed by atoms with Crippen LogP contribution in [0.4, 0.5) is 0 Å². The minimum absolute atomic E-state index is 0. The second-order valence-electron chi connectivity index (χ2n) is 7.84. The summed E-state index contributed by atoms with van der Waals surface area (Å²) < 4.78 is 0. The standard InChI is InChI=1S/C21H31N3O2S.ClH/c1-15(2)27-18-9-7-17(8-10-18)21(26)24-12-4-5-16(14-24)13-23-20(25)19-6-3-11-22-19;/h7-10,15-16,19,22H,3-6,11-14H2,1-2H3,(H,23,25);1H. The number of likely N-dealkylation sites (tertiary alicyclic amines) is 1. The van der Waals surface area contributed by atoms with E-state index in [-0.39, 0.29) is 30.3 Å². The maximum absolute atomic E-state index is 12.8. The maximum atomic E-state index is 12.8. The molecule has 0 radical (unpaired) electrons. The molecule has 5 nitrogen and oxygen atoms in total. The molecule has 156 valence electrons. The van der Waals surface area contributed by atoms with Crippen molar-refractivity contribution in [3.63, 3.8) is 0 Å². The number of benzene rings is 1. The molecule has 3 rings (SSSR count). The molecule has 2 aliphatic heterocycles. The monoisotopic (exact) mass is 425 g/mol. The van der Waals surface area contributed by atoms with Crippen molar-refractivity contribution in [2.45, 2.75) is 55.7 Å². The van der Waals surface area contributed by atoms with Crippen LogP contribution in [-0.2, 0) is 4.79 Å². The Bertz CT molecular complexity index is 648. The highest BCUT2D eigenvalue weighted by Gasteiger charge is 2.26. The number of hydrogen-bond acceptors (Lipinski definition) is 4. The molecule has 2 fully saturated rings. The van der Waals surface area contributed by atoms with Crippen LogP contribution in [0.3, 0.4) is 0 Å². The minimum Gasteiger partial charge on any atom is -0.354 e. The van der Waals surface area contributed by atoms with Crippen molar-refractivity contribution in [1.29, 1.82) is 0 Å². The van der Waals surface area contributed by atoms with Crippen molar-refractivity contribution >= 4 is 36.0 Å². The first-order valence-electron chi connectivity index (χ1n) is 10.1. The number of amides is 2. The van der Waals surface area contributed by atoms with Gasteiger partial charge in [0.25, 0.3) is 5.91 Å². The first-order chi connectivity index (χ1) is 13.0. The molecular formula is C21H32ClN3O2S. The molecule has 2 N–H and O–H groups in total. The minimum atomic E-state index is -0.0338. The first-order valence-corrected chi connectivity index (χ1v) is 11.0. The van der Waals surface area contributed by atoms with Crippen LogP contribution in [-0.4, -0.2) is 54.2 Å². The molecule has 28 heavy (non-hydrogen) atoms. The third kappa shape index (κ3) is 6.39. The van der Waals surface area contributed by atoms with E-state index in [1.165, 1.54) is 4.90 Å². The lowest BCUT2D eigenvalue weighted by Crippen LogP contribution is -2.46. The summed E-state index contributed by atoms with van der Waals surface area (Å²) in [6.45, 7) is 7.44. The third-order valence-corrected chi connectivity index (χ3v) is 6.24. The second-order valence-corrected chi connectivity index (χ2v) is 9.49. The summed E-state index contributed by atoms with van der Waals surface area (Å²) in [6, 6.07) is 7.91. The van der Waals surface area contributed by atoms with Crippen molar-refractivity contribution in [3.8, 4) is 0 Å². The lowest BCUT2D eigenvalue weighted by Gasteiger charge is -2.33. The summed E-state index contributed by atoms with van der Waals surface area (Å²) in [5.41, 5.74) is 0.753. The molecule has 0 saturated carbocycles. The van der Waals surface area contributed by atoms with E-state index in [0.29, 0.717) is 17.7 Å². The van der Waals surface area contributed by atoms with Crippen molar-refractivity contribution < 1.29 is 9.59 Å². The van der Waals surface area contributed by atoms with Crippen LogP contribution in [0.1, 0.15) is 49.9 Å². The van der Waals surface area contributed by atoms with Crippen LogP contribution in [0.25, 0.3) is 0 Å². The molecule has 7 heteroatoms. The molecule has 1 aromatic rings. The lowest BCUT2D eigenvalue weighted by atomic mass is 9.97. The predicted molar refractivity (Wildman–Crippen MR) is 117 cm³/mol. The molecule has 0 aromatic heterocycles. The predicted octanol–water partition coefficient (Wildman–Crippen LogP) is 3.33. The number of carbonyl (C=O) groups excluding carboxylic acids is 2. The van der Waals surface area contributed by atoms with Gasteiger partial charge in [0, 0.05) is 35.3 Å². The number of nitrogens with zero attached hydrogens (tertiary/aromatic N) is 1. The average Bonchev–Trinajstić information content (AvgIpc) is 3.21. The summed E-state index contributed by atoms with van der Waals surface area (Å²) in [5, 5.41) is 6.84. The normalized spacial score (nSPS) is 22.0. The molecule has 1 aromatic carbocycles. The van der Waals surface area contributed by atoms with Crippen molar-refractivity contribution in [3.05, 3.63) is 29.8 Å². The topological polar surface area (TPSA) is 61.4 Å². The van der Waals surface area contributed by atoms with Crippen LogP contribution in [0, 0.1) is 5.92 Å². The Balaban J connectivity index is 0.00000280. The number of halogens is 1. The van der Waals surface area contributed by atoms with E-state index in [0.717, 1.165) is 50.9 Å². The maximum Gasteiger partial charge on any atom is 0.253 e. The molecule has 2 saturated heterocycles. The second kappa shape index (κ2) is 11.1. The van der Waals surface area contributed by atoms with Crippen LogP contribution < -0.4 is 10.6 Å². The van der Waals surface area contributed by atoms with Gasteiger partial charge in [-0.15, -0.1) is 24.2 Å². The van der Waals surface area contributed by atoms with Crippen LogP contribution in [0.2, 0.25) is 0 Å². The molecule has 0 bridgehead atoms. The quantitative estimate of drug-likeness (QED) is 0.686. The molecule has 2 aliphatic rings. The smallest absolute Gasteiger partial charge is 0.253 e. The molecule has 2 heterocycles. The highest BCUT2D eigenvalue weighted by molar-refractivity contribution is 7.99. The van der Waals surface area contributed by atoms with E-state index in [9.17, 15) is 9.59 Å². The third-order valence-electron chi connectivity index (χ3n) is 5.22. The SMILES string of the molecule is CC(C)Sc1ccc(C(=O)N2CCCC(CNC(=O)C3CCCN3)C2)cc1.Cl. The van der Waals surface area contributed by atoms with Crippen molar-refractivity contribution in [2.75, 3.05) is 26.2 Å². The van der Waals surface area contributed by atoms with Gasteiger partial charge in [-0.1, -0.05) is 13.8 Å². The zero-order valence-electron chi connectivity index (χ0n) is 16.8. The zero-order valence-corrected chi connectivity index (χ0v) is 18.4. The molecule has 0 aliphatic carbocycles. The van der Waals surface area contributed by atoms with Crippen molar-refractivity contribution in [1.82, 2.24) is 15.5 Å². The first kappa shape index (κ1) is 23.0. The number of piperidine rings is 1. The number of thioether (sulfide) groups is 1. The van der Waals surface area contributed by atoms with Crippen LogP contribution in [0.5, 0.6) is 0 Å². The lowest BCUT2D eigenvalue weighted by molar-refractivity contribution is -0.123.